The molecule has 0 bridgehead atoms. The van der Waals surface area contributed by atoms with Crippen LogP contribution in [0.2, 0.25) is 0 Å². The van der Waals surface area contributed by atoms with Crippen LogP contribution < -0.4 is 20.3 Å². The van der Waals surface area contributed by atoms with Crippen LogP contribution in [0.25, 0.3) is 0 Å². The lowest BCUT2D eigenvalue weighted by atomic mass is 9.86. The Morgan fingerprint density at radius 2 is 1.94 bits per heavy atom. The standard InChI is InChI=1S/C23H23N3O4S/c1-3-30-17-10-9-15(11-18(17)29-2)16-12-19(27)24-21-20(16)22(28)26-23(25-21)31-13-14-7-5-4-6-8-14/h4-11,16H,3,12-13H2,1-2H3,(H2,24,25,26,27,28)/t16-/m0/s1. The van der Waals surface area contributed by atoms with Crippen LogP contribution in [0.5, 0.6) is 11.5 Å². The molecule has 0 fully saturated rings. The number of benzene rings is 2. The highest BCUT2D eigenvalue weighted by molar-refractivity contribution is 7.98. The van der Waals surface area contributed by atoms with Crippen LogP contribution in [0.3, 0.4) is 0 Å². The average molecular weight is 438 g/mol. The van der Waals surface area contributed by atoms with Crippen LogP contribution in [-0.4, -0.2) is 29.6 Å². The molecule has 1 atom stereocenters. The summed E-state index contributed by atoms with van der Waals surface area (Å²) in [5.41, 5.74) is 2.12. The van der Waals surface area contributed by atoms with Gasteiger partial charge in [-0.05, 0) is 30.2 Å². The molecule has 3 aromatic rings. The number of nitrogens with one attached hydrogen (secondary N) is 2. The maximum atomic E-state index is 13.0. The number of methoxy groups -OCH3 is 1. The number of hydrogen-bond acceptors (Lipinski definition) is 6. The van der Waals surface area contributed by atoms with E-state index in [4.69, 9.17) is 9.47 Å². The minimum Gasteiger partial charge on any atom is -0.493 e. The average Bonchev–Trinajstić information content (AvgIpc) is 2.78. The number of carbonyl (C=O) groups is 1. The van der Waals surface area contributed by atoms with E-state index in [1.165, 1.54) is 11.8 Å². The highest BCUT2D eigenvalue weighted by Gasteiger charge is 2.31. The van der Waals surface area contributed by atoms with Gasteiger partial charge in [-0.2, -0.15) is 0 Å². The first-order chi connectivity index (χ1) is 15.1. The Morgan fingerprint density at radius 3 is 2.68 bits per heavy atom. The molecule has 0 saturated heterocycles. The highest BCUT2D eigenvalue weighted by atomic mass is 32.2. The van der Waals surface area contributed by atoms with Crippen LogP contribution in [-0.2, 0) is 10.5 Å². The second-order valence-corrected chi connectivity index (χ2v) is 8.02. The van der Waals surface area contributed by atoms with Gasteiger partial charge in [-0.3, -0.25) is 9.59 Å². The molecule has 0 aliphatic carbocycles. The molecule has 31 heavy (non-hydrogen) atoms. The largest absolute Gasteiger partial charge is 0.493 e. The Kier molecular flexibility index (Phi) is 6.27. The lowest BCUT2D eigenvalue weighted by Gasteiger charge is -2.25. The molecule has 1 aromatic heterocycles. The summed E-state index contributed by atoms with van der Waals surface area (Å²) >= 11 is 1.42. The van der Waals surface area contributed by atoms with Gasteiger partial charge in [0, 0.05) is 18.1 Å². The molecule has 1 aliphatic heterocycles. The van der Waals surface area contributed by atoms with Crippen LogP contribution in [0.1, 0.15) is 36.0 Å². The summed E-state index contributed by atoms with van der Waals surface area (Å²) in [6.07, 6.45) is 0.158. The first-order valence-electron chi connectivity index (χ1n) is 10.0. The Labute approximate surface area is 184 Å². The molecule has 2 heterocycles. The number of rotatable bonds is 7. The van der Waals surface area contributed by atoms with E-state index in [1.807, 2.05) is 49.4 Å². The summed E-state index contributed by atoms with van der Waals surface area (Å²) in [5.74, 6) is 1.56. The van der Waals surface area contributed by atoms with Crippen molar-refractivity contribution in [3.05, 3.63) is 75.6 Å². The molecular weight excluding hydrogens is 414 g/mol. The molecule has 2 N–H and O–H groups in total. The van der Waals surface area contributed by atoms with Crippen LogP contribution in [0.4, 0.5) is 5.82 Å². The predicted octanol–water partition coefficient (Wildman–Crippen LogP) is 3.94. The number of ether oxygens (including phenoxy) is 2. The third-order valence-electron chi connectivity index (χ3n) is 5.04. The second kappa shape index (κ2) is 9.26. The van der Waals surface area contributed by atoms with Gasteiger partial charge >= 0.3 is 0 Å². The first-order valence-corrected chi connectivity index (χ1v) is 11.0. The molecule has 4 rings (SSSR count). The van der Waals surface area contributed by atoms with Crippen molar-refractivity contribution >= 4 is 23.5 Å². The minimum absolute atomic E-state index is 0.158. The Morgan fingerprint density at radius 1 is 1.13 bits per heavy atom. The first kappa shape index (κ1) is 21.0. The number of aromatic nitrogens is 2. The highest BCUT2D eigenvalue weighted by Crippen LogP contribution is 2.38. The van der Waals surface area contributed by atoms with Crippen molar-refractivity contribution in [1.29, 1.82) is 0 Å². The molecule has 0 saturated carbocycles. The van der Waals surface area contributed by atoms with Crippen LogP contribution >= 0.6 is 11.8 Å². The van der Waals surface area contributed by atoms with E-state index in [2.05, 4.69) is 15.3 Å². The van der Waals surface area contributed by atoms with Gasteiger partial charge in [-0.1, -0.05) is 48.2 Å². The molecule has 1 aliphatic rings. The number of amides is 1. The summed E-state index contributed by atoms with van der Waals surface area (Å²) in [5, 5.41) is 3.23. The van der Waals surface area contributed by atoms with E-state index < -0.39 is 5.92 Å². The minimum atomic E-state index is -0.419. The molecule has 0 radical (unpaired) electrons. The predicted molar refractivity (Wildman–Crippen MR) is 120 cm³/mol. The van der Waals surface area contributed by atoms with Gasteiger partial charge in [0.05, 0.1) is 19.3 Å². The molecule has 0 spiro atoms. The fourth-order valence-electron chi connectivity index (χ4n) is 3.61. The van der Waals surface area contributed by atoms with Gasteiger partial charge in [-0.15, -0.1) is 0 Å². The van der Waals surface area contributed by atoms with Crippen molar-refractivity contribution in [3.63, 3.8) is 0 Å². The van der Waals surface area contributed by atoms with E-state index in [0.717, 1.165) is 11.1 Å². The van der Waals surface area contributed by atoms with Gasteiger partial charge in [0.1, 0.15) is 5.82 Å². The summed E-state index contributed by atoms with van der Waals surface area (Å²) < 4.78 is 11.0. The molecule has 0 unspecified atom stereocenters. The second-order valence-electron chi connectivity index (χ2n) is 7.06. The molecule has 8 heteroatoms. The number of carbonyl (C=O) groups excluding carboxylic acids is 1. The Balaban J connectivity index is 1.66. The number of thioether (sulfide) groups is 1. The van der Waals surface area contributed by atoms with E-state index in [0.29, 0.717) is 40.4 Å². The third-order valence-corrected chi connectivity index (χ3v) is 5.98. The molecule has 160 valence electrons. The maximum absolute atomic E-state index is 13.0. The molecular formula is C23H23N3O4S. The maximum Gasteiger partial charge on any atom is 0.257 e. The number of H-pyrrole nitrogens is 1. The van der Waals surface area contributed by atoms with Crippen molar-refractivity contribution in [2.45, 2.75) is 30.2 Å². The lowest BCUT2D eigenvalue weighted by Crippen LogP contribution is -2.31. The number of anilines is 1. The fraction of sp³-hybridized carbons (Fsp3) is 0.261. The Hall–Kier alpha value is -3.26. The fourth-order valence-corrected chi connectivity index (χ4v) is 4.42. The number of hydrogen-bond donors (Lipinski definition) is 2. The quantitative estimate of drug-likeness (QED) is 0.430. The zero-order valence-corrected chi connectivity index (χ0v) is 18.1. The van der Waals surface area contributed by atoms with Crippen molar-refractivity contribution in [2.75, 3.05) is 19.0 Å². The van der Waals surface area contributed by atoms with Crippen LogP contribution in [0, 0.1) is 0 Å². The zero-order valence-electron chi connectivity index (χ0n) is 17.3. The molecule has 7 nitrogen and oxygen atoms in total. The van der Waals surface area contributed by atoms with Crippen molar-refractivity contribution < 1.29 is 14.3 Å². The normalized spacial score (nSPS) is 15.2. The van der Waals surface area contributed by atoms with Gasteiger partial charge in [0.2, 0.25) is 5.91 Å². The molecule has 2 aromatic carbocycles. The lowest BCUT2D eigenvalue weighted by molar-refractivity contribution is -0.116. The summed E-state index contributed by atoms with van der Waals surface area (Å²) in [7, 11) is 1.56. The zero-order chi connectivity index (χ0) is 21.8. The summed E-state index contributed by atoms with van der Waals surface area (Å²) in [6, 6.07) is 15.4. The van der Waals surface area contributed by atoms with Crippen molar-refractivity contribution in [3.8, 4) is 11.5 Å². The van der Waals surface area contributed by atoms with Gasteiger partial charge in [0.25, 0.3) is 5.56 Å². The van der Waals surface area contributed by atoms with E-state index in [1.54, 1.807) is 13.2 Å². The van der Waals surface area contributed by atoms with Gasteiger partial charge in [0.15, 0.2) is 16.7 Å². The number of aromatic amines is 1. The van der Waals surface area contributed by atoms with Gasteiger partial charge < -0.3 is 19.8 Å². The van der Waals surface area contributed by atoms with E-state index in [-0.39, 0.29) is 17.9 Å². The van der Waals surface area contributed by atoms with E-state index >= 15 is 0 Å². The molecule has 1 amide bonds. The van der Waals surface area contributed by atoms with E-state index in [9.17, 15) is 9.59 Å². The third kappa shape index (κ3) is 4.59. The van der Waals surface area contributed by atoms with Crippen molar-refractivity contribution in [1.82, 2.24) is 9.97 Å². The SMILES string of the molecule is CCOc1ccc([C@@H]2CC(=O)Nc3nc(SCc4ccccc4)[nH]c(=O)c32)cc1OC. The topological polar surface area (TPSA) is 93.3 Å². The van der Waals surface area contributed by atoms with Crippen LogP contribution in [0.15, 0.2) is 58.5 Å². The number of nitrogens with zero attached hydrogens (tertiary/aromatic N) is 1. The summed E-state index contributed by atoms with van der Waals surface area (Å²) in [6.45, 7) is 2.41. The number of fused-ring (bicyclic) bond motifs is 1. The van der Waals surface area contributed by atoms with Gasteiger partial charge in [-0.25, -0.2) is 4.98 Å². The van der Waals surface area contributed by atoms with Crippen molar-refractivity contribution in [2.24, 2.45) is 0 Å². The monoisotopic (exact) mass is 437 g/mol. The smallest absolute Gasteiger partial charge is 0.257 e. The summed E-state index contributed by atoms with van der Waals surface area (Å²) in [4.78, 5) is 32.8. The Bertz CT molecular complexity index is 1150.